The Bertz CT molecular complexity index is 1390. The molecule has 4 heterocycles. The second kappa shape index (κ2) is 15.9. The van der Waals surface area contributed by atoms with E-state index in [4.69, 9.17) is 37.9 Å². The third-order valence-electron chi connectivity index (χ3n) is 8.57. The van der Waals surface area contributed by atoms with E-state index in [9.17, 15) is 4.79 Å². The van der Waals surface area contributed by atoms with Crippen LogP contribution < -0.4 is 20.3 Å². The number of likely N-dealkylation sites (tertiary alicyclic amines) is 1. The average Bonchev–Trinajstić information content (AvgIpc) is 3.03. The second-order valence-corrected chi connectivity index (χ2v) is 13.4. The molecule has 2 N–H and O–H groups in total. The fourth-order valence-corrected chi connectivity index (χ4v) is 6.39. The van der Waals surface area contributed by atoms with Crippen LogP contribution in [0.2, 0.25) is 10.0 Å². The van der Waals surface area contributed by atoms with Crippen molar-refractivity contribution in [3.8, 4) is 22.9 Å². The molecule has 9 nitrogen and oxygen atoms in total. The Labute approximate surface area is 277 Å². The number of amides is 2. The Balaban J connectivity index is 1.26. The van der Waals surface area contributed by atoms with Gasteiger partial charge in [-0.3, -0.25) is 9.80 Å². The van der Waals surface area contributed by atoms with Gasteiger partial charge in [-0.05, 0) is 92.7 Å². The lowest BCUT2D eigenvalue weighted by molar-refractivity contribution is 0.175. The highest BCUT2D eigenvalue weighted by molar-refractivity contribution is 6.35. The Hall–Kier alpha value is -3.11. The van der Waals surface area contributed by atoms with Crippen LogP contribution in [-0.2, 0) is 6.54 Å². The summed E-state index contributed by atoms with van der Waals surface area (Å²) in [5, 5.41) is 6.67. The fraction of sp³-hybridized carbons (Fsp3) is 0.500. The zero-order valence-corrected chi connectivity index (χ0v) is 28.1. The van der Waals surface area contributed by atoms with Gasteiger partial charge in [-0.1, -0.05) is 37.0 Å². The molecule has 0 unspecified atom stereocenters. The van der Waals surface area contributed by atoms with Gasteiger partial charge in [0.2, 0.25) is 5.88 Å². The molecule has 2 saturated heterocycles. The molecule has 1 aromatic carbocycles. The third kappa shape index (κ3) is 9.94. The molecule has 2 fully saturated rings. The molecular weight excluding hydrogens is 609 g/mol. The molecule has 0 radical (unpaired) electrons. The van der Waals surface area contributed by atoms with Crippen molar-refractivity contribution >= 4 is 35.1 Å². The lowest BCUT2D eigenvalue weighted by atomic mass is 9.96. The Morgan fingerprint density at radius 1 is 0.978 bits per heavy atom. The minimum absolute atomic E-state index is 0.129. The van der Waals surface area contributed by atoms with Crippen LogP contribution in [0, 0.1) is 11.8 Å². The van der Waals surface area contributed by atoms with Gasteiger partial charge in [-0.15, -0.1) is 0 Å². The monoisotopic (exact) mass is 653 g/mol. The van der Waals surface area contributed by atoms with E-state index >= 15 is 0 Å². The number of hydrogen-bond donors (Lipinski definition) is 2. The molecule has 2 aliphatic rings. The first-order valence-corrected chi connectivity index (χ1v) is 16.8. The Kier molecular flexibility index (Phi) is 11.8. The number of anilines is 1. The minimum atomic E-state index is -0.129. The number of benzene rings is 1. The molecule has 0 aliphatic carbocycles. The van der Waals surface area contributed by atoms with Gasteiger partial charge in [-0.2, -0.15) is 0 Å². The number of hydrogen-bond acceptors (Lipinski definition) is 7. The van der Waals surface area contributed by atoms with Gasteiger partial charge in [-0.25, -0.2) is 14.8 Å². The van der Waals surface area contributed by atoms with Crippen molar-refractivity contribution in [2.45, 2.75) is 39.7 Å². The van der Waals surface area contributed by atoms with Gasteiger partial charge in [0.25, 0.3) is 0 Å². The largest absolute Gasteiger partial charge is 0.437 e. The smallest absolute Gasteiger partial charge is 0.314 e. The molecular formula is C34H45Cl2N7O2. The molecule has 0 bridgehead atoms. The number of nitrogens with zero attached hydrogens (tertiary/aromatic N) is 5. The summed E-state index contributed by atoms with van der Waals surface area (Å²) < 4.78 is 6.30. The molecule has 2 aliphatic heterocycles. The quantitative estimate of drug-likeness (QED) is 0.243. The predicted molar refractivity (Wildman–Crippen MR) is 183 cm³/mol. The number of carbonyl (C=O) groups excluding carboxylic acids is 1. The molecule has 242 valence electrons. The van der Waals surface area contributed by atoms with Gasteiger partial charge in [0, 0.05) is 68.0 Å². The molecule has 45 heavy (non-hydrogen) atoms. The van der Waals surface area contributed by atoms with Gasteiger partial charge >= 0.3 is 6.03 Å². The van der Waals surface area contributed by atoms with E-state index in [1.54, 1.807) is 19.3 Å². The summed E-state index contributed by atoms with van der Waals surface area (Å²) in [7, 11) is 1.64. The van der Waals surface area contributed by atoms with E-state index in [0.717, 1.165) is 93.8 Å². The number of rotatable bonds is 11. The summed E-state index contributed by atoms with van der Waals surface area (Å²) in [5.74, 6) is 3.31. The van der Waals surface area contributed by atoms with Crippen molar-refractivity contribution < 1.29 is 9.53 Å². The van der Waals surface area contributed by atoms with Crippen LogP contribution in [0.3, 0.4) is 0 Å². The molecule has 5 rings (SSSR count). The number of halogens is 2. The van der Waals surface area contributed by atoms with Crippen LogP contribution in [0.15, 0.2) is 48.7 Å². The topological polar surface area (TPSA) is 85.9 Å². The van der Waals surface area contributed by atoms with E-state index in [0.29, 0.717) is 34.1 Å². The first kappa shape index (κ1) is 33.3. The Morgan fingerprint density at radius 3 is 2.36 bits per heavy atom. The number of carbonyl (C=O) groups is 1. The number of piperazine rings is 1. The molecule has 2 aromatic heterocycles. The molecule has 0 atom stereocenters. The van der Waals surface area contributed by atoms with E-state index in [1.165, 1.54) is 6.42 Å². The molecule has 0 spiro atoms. The molecule has 3 aromatic rings. The van der Waals surface area contributed by atoms with Gasteiger partial charge in [0.15, 0.2) is 0 Å². The molecule has 11 heteroatoms. The zero-order chi connectivity index (χ0) is 31.8. The summed E-state index contributed by atoms with van der Waals surface area (Å²) in [6.07, 6.45) is 5.07. The summed E-state index contributed by atoms with van der Waals surface area (Å²) in [5.41, 5.74) is 2.67. The average molecular weight is 655 g/mol. The predicted octanol–water partition coefficient (Wildman–Crippen LogP) is 6.55. The molecule has 2 amide bonds. The van der Waals surface area contributed by atoms with Crippen LogP contribution >= 0.6 is 23.2 Å². The highest BCUT2D eigenvalue weighted by atomic mass is 35.5. The van der Waals surface area contributed by atoms with Crippen molar-refractivity contribution in [2.24, 2.45) is 11.8 Å². The van der Waals surface area contributed by atoms with Crippen molar-refractivity contribution in [1.82, 2.24) is 30.4 Å². The van der Waals surface area contributed by atoms with Crippen molar-refractivity contribution in [3.05, 3.63) is 64.3 Å². The van der Waals surface area contributed by atoms with Crippen LogP contribution in [0.1, 0.15) is 38.7 Å². The lowest BCUT2D eigenvalue weighted by Gasteiger charge is -2.35. The van der Waals surface area contributed by atoms with Crippen LogP contribution in [-0.4, -0.2) is 85.2 Å². The van der Waals surface area contributed by atoms with E-state index in [-0.39, 0.29) is 6.03 Å². The standard InChI is InChI=1S/C34H45Cl2N7O2/c1-24(2)6-9-41-12-14-43(15-13-41)32-5-4-30(22-38-32)45-33-17-26(16-31(40-33)27-18-28(35)20-29(36)19-27)23-42-10-7-25(8-11-42)21-39-34(44)37-3/h4-5,16-20,22,24-25H,6-15,21,23H2,1-3H3,(H2,37,39,44). The number of nitrogens with one attached hydrogen (secondary N) is 2. The Morgan fingerprint density at radius 2 is 1.71 bits per heavy atom. The van der Waals surface area contributed by atoms with Crippen molar-refractivity contribution in [2.75, 3.05) is 64.3 Å². The first-order chi connectivity index (χ1) is 21.7. The van der Waals surface area contributed by atoms with Crippen LogP contribution in [0.5, 0.6) is 11.6 Å². The molecule has 0 saturated carbocycles. The fourth-order valence-electron chi connectivity index (χ4n) is 5.87. The first-order valence-electron chi connectivity index (χ1n) is 16.0. The van der Waals surface area contributed by atoms with Gasteiger partial charge < -0.3 is 20.3 Å². The maximum absolute atomic E-state index is 11.6. The maximum Gasteiger partial charge on any atom is 0.314 e. The number of piperidine rings is 1. The summed E-state index contributed by atoms with van der Waals surface area (Å²) >= 11 is 12.7. The highest BCUT2D eigenvalue weighted by Crippen LogP contribution is 2.31. The summed E-state index contributed by atoms with van der Waals surface area (Å²) in [6.45, 7) is 13.2. The van der Waals surface area contributed by atoms with E-state index in [2.05, 4.69) is 45.2 Å². The van der Waals surface area contributed by atoms with Crippen LogP contribution in [0.25, 0.3) is 11.3 Å². The summed E-state index contributed by atoms with van der Waals surface area (Å²) in [4.78, 5) is 28.5. The van der Waals surface area contributed by atoms with Crippen molar-refractivity contribution in [1.29, 1.82) is 0 Å². The van der Waals surface area contributed by atoms with E-state index < -0.39 is 0 Å². The normalized spacial score (nSPS) is 16.6. The van der Waals surface area contributed by atoms with Crippen LogP contribution in [0.4, 0.5) is 10.6 Å². The minimum Gasteiger partial charge on any atom is -0.437 e. The lowest BCUT2D eigenvalue weighted by Crippen LogP contribution is -2.47. The van der Waals surface area contributed by atoms with Crippen molar-refractivity contribution in [3.63, 3.8) is 0 Å². The van der Waals surface area contributed by atoms with Gasteiger partial charge in [0.1, 0.15) is 11.6 Å². The highest BCUT2D eigenvalue weighted by Gasteiger charge is 2.21. The van der Waals surface area contributed by atoms with Gasteiger partial charge in [0.05, 0.1) is 11.9 Å². The third-order valence-corrected chi connectivity index (χ3v) is 9.01. The number of aromatic nitrogens is 2. The number of pyridine rings is 2. The maximum atomic E-state index is 11.6. The summed E-state index contributed by atoms with van der Waals surface area (Å²) in [6, 6.07) is 13.4. The zero-order valence-electron chi connectivity index (χ0n) is 26.6. The van der Waals surface area contributed by atoms with E-state index in [1.807, 2.05) is 30.3 Å². The SMILES string of the molecule is CNC(=O)NCC1CCN(Cc2cc(Oc3ccc(N4CCN(CCC(C)C)CC4)nc3)nc(-c3cc(Cl)cc(Cl)c3)c2)CC1. The number of urea groups is 1. The number of ether oxygens (including phenoxy) is 1. The second-order valence-electron chi connectivity index (χ2n) is 12.5.